The Kier molecular flexibility index (Phi) is 6.85. The van der Waals surface area contributed by atoms with E-state index in [4.69, 9.17) is 4.74 Å². The molecule has 143 valence electrons. The topological polar surface area (TPSA) is 33.6 Å². The molecule has 0 aliphatic rings. The van der Waals surface area contributed by atoms with Crippen LogP contribution in [0.1, 0.15) is 42.9 Å². The van der Waals surface area contributed by atoms with Gasteiger partial charge in [0.2, 0.25) is 0 Å². The van der Waals surface area contributed by atoms with Crippen molar-refractivity contribution in [2.75, 3.05) is 5.43 Å². The maximum atomic E-state index is 6.02. The van der Waals surface area contributed by atoms with Gasteiger partial charge in [-0.25, -0.2) is 0 Å². The van der Waals surface area contributed by atoms with Gasteiger partial charge in [0.25, 0.3) is 0 Å². The number of para-hydroxylation sites is 1. The highest BCUT2D eigenvalue weighted by molar-refractivity contribution is 6.00. The Labute approximate surface area is 168 Å². The van der Waals surface area contributed by atoms with Crippen LogP contribution >= 0.6 is 0 Å². The maximum Gasteiger partial charge on any atom is 0.120 e. The summed E-state index contributed by atoms with van der Waals surface area (Å²) in [6.45, 7) is 8.85. The normalized spacial score (nSPS) is 12.5. The average molecular weight is 372 g/mol. The quantitative estimate of drug-likeness (QED) is 0.366. The van der Waals surface area contributed by atoms with Crippen LogP contribution in [0.3, 0.4) is 0 Å². The third kappa shape index (κ3) is 5.23. The number of hydrogen-bond acceptors (Lipinski definition) is 3. The van der Waals surface area contributed by atoms with Crippen LogP contribution < -0.4 is 10.2 Å². The molecule has 0 heterocycles. The van der Waals surface area contributed by atoms with Gasteiger partial charge in [-0.05, 0) is 60.7 Å². The molecule has 28 heavy (non-hydrogen) atoms. The van der Waals surface area contributed by atoms with Crippen LogP contribution in [0.5, 0.6) is 5.75 Å². The molecule has 1 radical (unpaired) electrons. The number of rotatable bonds is 8. The standard InChI is InChI=1S/C25H27N2O/c1-4-19(2)25-17-23(28-18-21-11-7-5-8-12-21)15-16-24(25)20(3)26-27-22-13-9-6-10-14-22/h5-17,19,27H,1,4,18H2,2-3H3. The second-order valence-corrected chi connectivity index (χ2v) is 6.89. The van der Waals surface area contributed by atoms with E-state index in [1.807, 2.05) is 61.5 Å². The van der Waals surface area contributed by atoms with E-state index in [9.17, 15) is 0 Å². The Morgan fingerprint density at radius 3 is 2.36 bits per heavy atom. The maximum absolute atomic E-state index is 6.02. The number of ether oxygens (including phenoxy) is 1. The monoisotopic (exact) mass is 371 g/mol. The van der Waals surface area contributed by atoms with Crippen LogP contribution in [-0.4, -0.2) is 5.71 Å². The Bertz CT molecular complexity index is 904. The average Bonchev–Trinajstić information content (AvgIpc) is 2.76. The molecule has 3 rings (SSSR count). The molecule has 3 heteroatoms. The van der Waals surface area contributed by atoms with Crippen LogP contribution in [-0.2, 0) is 6.61 Å². The molecule has 3 aromatic rings. The minimum Gasteiger partial charge on any atom is -0.489 e. The van der Waals surface area contributed by atoms with Gasteiger partial charge in [-0.2, -0.15) is 5.10 Å². The van der Waals surface area contributed by atoms with Crippen LogP contribution in [0.25, 0.3) is 0 Å². The van der Waals surface area contributed by atoms with Gasteiger partial charge in [0, 0.05) is 5.56 Å². The van der Waals surface area contributed by atoms with Crippen LogP contribution in [0.15, 0.2) is 84.0 Å². The van der Waals surface area contributed by atoms with Crippen molar-refractivity contribution in [3.63, 3.8) is 0 Å². The van der Waals surface area contributed by atoms with E-state index in [-0.39, 0.29) is 0 Å². The Balaban J connectivity index is 1.80. The van der Waals surface area contributed by atoms with Gasteiger partial charge in [0.1, 0.15) is 12.4 Å². The van der Waals surface area contributed by atoms with Crippen molar-refractivity contribution in [2.45, 2.75) is 32.8 Å². The summed E-state index contributed by atoms with van der Waals surface area (Å²) >= 11 is 0. The lowest BCUT2D eigenvalue weighted by atomic mass is 9.91. The van der Waals surface area contributed by atoms with Crippen molar-refractivity contribution in [2.24, 2.45) is 5.10 Å². The first-order valence-corrected chi connectivity index (χ1v) is 9.63. The molecule has 0 saturated carbocycles. The SMILES string of the molecule is [CH2]CC(C)c1cc(OCc2ccccc2)ccc1C(C)=NNc1ccccc1. The van der Waals surface area contributed by atoms with Crippen molar-refractivity contribution >= 4 is 11.4 Å². The molecular weight excluding hydrogens is 344 g/mol. The van der Waals surface area contributed by atoms with Gasteiger partial charge in [-0.3, -0.25) is 5.43 Å². The first-order chi connectivity index (χ1) is 13.7. The molecule has 0 fully saturated rings. The van der Waals surface area contributed by atoms with Gasteiger partial charge < -0.3 is 4.74 Å². The zero-order chi connectivity index (χ0) is 19.8. The molecule has 0 amide bonds. The van der Waals surface area contributed by atoms with Crippen LogP contribution in [0, 0.1) is 6.92 Å². The van der Waals surface area contributed by atoms with Gasteiger partial charge in [-0.15, -0.1) is 0 Å². The first-order valence-electron chi connectivity index (χ1n) is 9.63. The minimum atomic E-state index is 0.317. The highest BCUT2D eigenvalue weighted by atomic mass is 16.5. The fourth-order valence-corrected chi connectivity index (χ4v) is 2.99. The predicted octanol–water partition coefficient (Wildman–Crippen LogP) is 6.43. The summed E-state index contributed by atoms with van der Waals surface area (Å²) in [6.07, 6.45) is 0.814. The van der Waals surface area contributed by atoms with E-state index >= 15 is 0 Å². The Morgan fingerprint density at radius 2 is 1.68 bits per heavy atom. The molecule has 0 aromatic heterocycles. The summed E-state index contributed by atoms with van der Waals surface area (Å²) in [5.41, 5.74) is 8.52. The molecule has 1 unspecified atom stereocenters. The molecular formula is C25H27N2O. The molecule has 3 aromatic carbocycles. The number of hydrogen-bond donors (Lipinski definition) is 1. The Morgan fingerprint density at radius 1 is 1.00 bits per heavy atom. The van der Waals surface area contributed by atoms with Gasteiger partial charge in [0.05, 0.1) is 11.4 Å². The fourth-order valence-electron chi connectivity index (χ4n) is 2.99. The van der Waals surface area contributed by atoms with Crippen LogP contribution in [0.4, 0.5) is 5.69 Å². The molecule has 0 bridgehead atoms. The van der Waals surface area contributed by atoms with E-state index in [1.54, 1.807) is 0 Å². The summed E-state index contributed by atoms with van der Waals surface area (Å²) in [6, 6.07) is 26.4. The highest BCUT2D eigenvalue weighted by Gasteiger charge is 2.13. The summed E-state index contributed by atoms with van der Waals surface area (Å²) < 4.78 is 6.02. The molecule has 0 spiro atoms. The fraction of sp³-hybridized carbons (Fsp3) is 0.200. The molecule has 0 aliphatic heterocycles. The van der Waals surface area contributed by atoms with Crippen molar-refractivity contribution in [3.05, 3.63) is 102 Å². The van der Waals surface area contributed by atoms with Gasteiger partial charge >= 0.3 is 0 Å². The lowest BCUT2D eigenvalue weighted by Crippen LogP contribution is -2.07. The third-order valence-electron chi connectivity index (χ3n) is 4.75. The predicted molar refractivity (Wildman–Crippen MR) is 118 cm³/mol. The third-order valence-corrected chi connectivity index (χ3v) is 4.75. The lowest BCUT2D eigenvalue weighted by molar-refractivity contribution is 0.305. The number of benzene rings is 3. The van der Waals surface area contributed by atoms with Crippen molar-refractivity contribution in [3.8, 4) is 5.75 Å². The van der Waals surface area contributed by atoms with E-state index in [0.717, 1.165) is 34.7 Å². The molecule has 3 nitrogen and oxygen atoms in total. The largest absolute Gasteiger partial charge is 0.489 e. The van der Waals surface area contributed by atoms with E-state index in [1.165, 1.54) is 5.56 Å². The van der Waals surface area contributed by atoms with Gasteiger partial charge in [0.15, 0.2) is 0 Å². The van der Waals surface area contributed by atoms with Crippen molar-refractivity contribution < 1.29 is 4.74 Å². The molecule has 1 atom stereocenters. The summed E-state index contributed by atoms with van der Waals surface area (Å²) in [4.78, 5) is 0. The van der Waals surface area contributed by atoms with Gasteiger partial charge in [-0.1, -0.05) is 62.4 Å². The number of nitrogens with zero attached hydrogens (tertiary/aromatic N) is 1. The summed E-state index contributed by atoms with van der Waals surface area (Å²) in [5, 5.41) is 4.57. The Hall–Kier alpha value is -3.07. The van der Waals surface area contributed by atoms with Crippen LogP contribution in [0.2, 0.25) is 0 Å². The first kappa shape index (κ1) is 19.7. The van der Waals surface area contributed by atoms with E-state index in [0.29, 0.717) is 12.5 Å². The minimum absolute atomic E-state index is 0.317. The lowest BCUT2D eigenvalue weighted by Gasteiger charge is -2.17. The van der Waals surface area contributed by atoms with E-state index < -0.39 is 0 Å². The second kappa shape index (κ2) is 9.75. The molecule has 0 saturated heterocycles. The molecule has 0 aliphatic carbocycles. The second-order valence-electron chi connectivity index (χ2n) is 6.89. The van der Waals surface area contributed by atoms with Crippen molar-refractivity contribution in [1.29, 1.82) is 0 Å². The highest BCUT2D eigenvalue weighted by Crippen LogP contribution is 2.28. The van der Waals surface area contributed by atoms with E-state index in [2.05, 4.69) is 48.6 Å². The number of anilines is 1. The number of nitrogens with one attached hydrogen (secondary N) is 1. The smallest absolute Gasteiger partial charge is 0.120 e. The summed E-state index contributed by atoms with van der Waals surface area (Å²) in [7, 11) is 0. The zero-order valence-electron chi connectivity index (χ0n) is 16.6. The summed E-state index contributed by atoms with van der Waals surface area (Å²) in [5.74, 6) is 1.18. The zero-order valence-corrected chi connectivity index (χ0v) is 16.6. The molecule has 1 N–H and O–H groups in total. The number of hydrazone groups is 1. The van der Waals surface area contributed by atoms with Crippen molar-refractivity contribution in [1.82, 2.24) is 0 Å².